The number of carbonyl (C=O) groups excluding carboxylic acids is 1. The summed E-state index contributed by atoms with van der Waals surface area (Å²) in [6, 6.07) is 7.30. The van der Waals surface area contributed by atoms with Crippen molar-refractivity contribution in [2.45, 2.75) is 57.0 Å². The van der Waals surface area contributed by atoms with Crippen LogP contribution in [-0.4, -0.2) is 37.0 Å². The second kappa shape index (κ2) is 8.49. The number of likely N-dealkylation sites (tertiary alicyclic amines) is 1. The lowest BCUT2D eigenvalue weighted by Crippen LogP contribution is -2.45. The Balaban J connectivity index is 1.17. The number of halogens is 3. The molecule has 1 aromatic heterocycles. The fourth-order valence-corrected chi connectivity index (χ4v) is 6.80. The largest absolute Gasteiger partial charge is 0.416 e. The van der Waals surface area contributed by atoms with E-state index in [0.717, 1.165) is 51.0 Å². The molecule has 2 aromatic rings. The van der Waals surface area contributed by atoms with Crippen LogP contribution in [0.4, 0.5) is 18.9 Å². The van der Waals surface area contributed by atoms with Gasteiger partial charge in [0.15, 0.2) is 0 Å². The Morgan fingerprint density at radius 3 is 2.47 bits per heavy atom. The number of alkyl halides is 3. The van der Waals surface area contributed by atoms with Gasteiger partial charge in [-0.15, -0.1) is 11.3 Å². The highest BCUT2D eigenvalue weighted by Crippen LogP contribution is 2.44. The topological polar surface area (TPSA) is 23.6 Å². The van der Waals surface area contributed by atoms with Crippen LogP contribution in [-0.2, 0) is 17.4 Å². The summed E-state index contributed by atoms with van der Waals surface area (Å²) in [5, 5.41) is 2.22. The van der Waals surface area contributed by atoms with E-state index in [2.05, 4.69) is 16.3 Å². The minimum atomic E-state index is -4.36. The molecule has 1 aromatic carbocycles. The molecule has 2 fully saturated rings. The summed E-state index contributed by atoms with van der Waals surface area (Å²) < 4.78 is 38.5. The minimum Gasteiger partial charge on any atom is -0.312 e. The van der Waals surface area contributed by atoms with E-state index in [4.69, 9.17) is 0 Å². The van der Waals surface area contributed by atoms with Crippen LogP contribution < -0.4 is 4.90 Å². The van der Waals surface area contributed by atoms with Gasteiger partial charge in [0.2, 0.25) is 5.91 Å². The molecule has 0 radical (unpaired) electrons. The van der Waals surface area contributed by atoms with Crippen molar-refractivity contribution in [1.82, 2.24) is 4.90 Å². The third-order valence-electron chi connectivity index (χ3n) is 7.80. The number of anilines is 1. The van der Waals surface area contributed by atoms with Crippen LogP contribution in [0.15, 0.2) is 35.7 Å². The number of hydrogen-bond donors (Lipinski definition) is 0. The van der Waals surface area contributed by atoms with Gasteiger partial charge in [-0.3, -0.25) is 4.79 Å². The number of hydrogen-bond acceptors (Lipinski definition) is 3. The Labute approximate surface area is 191 Å². The van der Waals surface area contributed by atoms with Gasteiger partial charge in [-0.25, -0.2) is 0 Å². The summed E-state index contributed by atoms with van der Waals surface area (Å²) in [6.07, 6.45) is 3.10. The maximum Gasteiger partial charge on any atom is 0.416 e. The van der Waals surface area contributed by atoms with Crippen molar-refractivity contribution in [3.05, 3.63) is 51.7 Å². The van der Waals surface area contributed by atoms with E-state index in [1.54, 1.807) is 15.3 Å². The molecule has 0 N–H and O–H groups in total. The van der Waals surface area contributed by atoms with E-state index >= 15 is 0 Å². The SMILES string of the molecule is O=C1N(c2ccc(C(F)(F)F)cc2)CCC12CCN(CCC1CCCc3sccc31)CC2. The number of aryl methyl sites for hydroxylation is 1. The summed E-state index contributed by atoms with van der Waals surface area (Å²) in [7, 11) is 0. The molecule has 3 nitrogen and oxygen atoms in total. The standard InChI is InChI=1S/C25H29F3N2OS/c26-25(27,28)19-4-6-20(7-5-19)30-16-12-24(23(30)31)10-14-29(15-11-24)13-8-18-2-1-3-22-21(18)9-17-32-22/h4-7,9,17-18H,1-3,8,10-16H2. The van der Waals surface area contributed by atoms with Gasteiger partial charge in [0.25, 0.3) is 0 Å². The fraction of sp³-hybridized carbons (Fsp3) is 0.560. The van der Waals surface area contributed by atoms with Gasteiger partial charge in [-0.2, -0.15) is 13.2 Å². The zero-order valence-electron chi connectivity index (χ0n) is 18.2. The third kappa shape index (κ3) is 4.10. The van der Waals surface area contributed by atoms with Gasteiger partial charge in [0.05, 0.1) is 11.0 Å². The number of fused-ring (bicyclic) bond motifs is 1. The normalized spacial score (nSPS) is 23.7. The Morgan fingerprint density at radius 2 is 1.75 bits per heavy atom. The highest BCUT2D eigenvalue weighted by molar-refractivity contribution is 7.10. The van der Waals surface area contributed by atoms with Gasteiger partial charge in [-0.05, 0) is 112 Å². The van der Waals surface area contributed by atoms with Crippen LogP contribution in [0.1, 0.15) is 60.4 Å². The average Bonchev–Trinajstić information content (AvgIpc) is 3.39. The summed E-state index contributed by atoms with van der Waals surface area (Å²) >= 11 is 1.89. The molecule has 5 rings (SSSR count). The first-order valence-corrected chi connectivity index (χ1v) is 12.5. The summed E-state index contributed by atoms with van der Waals surface area (Å²) in [5.41, 5.74) is 1.12. The molecular formula is C25H29F3N2OS. The maximum absolute atomic E-state index is 13.3. The molecule has 3 aliphatic rings. The monoisotopic (exact) mass is 462 g/mol. The molecule has 2 aliphatic heterocycles. The number of amides is 1. The quantitative estimate of drug-likeness (QED) is 0.548. The van der Waals surface area contributed by atoms with Gasteiger partial charge >= 0.3 is 6.18 Å². The summed E-state index contributed by atoms with van der Waals surface area (Å²) in [6.45, 7) is 3.52. The molecule has 32 heavy (non-hydrogen) atoms. The molecule has 172 valence electrons. The van der Waals surface area contributed by atoms with E-state index in [9.17, 15) is 18.0 Å². The maximum atomic E-state index is 13.3. The lowest BCUT2D eigenvalue weighted by atomic mass is 9.77. The van der Waals surface area contributed by atoms with Crippen molar-refractivity contribution in [3.8, 4) is 0 Å². The van der Waals surface area contributed by atoms with Gasteiger partial charge in [0.1, 0.15) is 0 Å². The summed E-state index contributed by atoms with van der Waals surface area (Å²) in [5.74, 6) is 0.760. The second-order valence-electron chi connectivity index (χ2n) is 9.55. The highest BCUT2D eigenvalue weighted by atomic mass is 32.1. The molecule has 2 saturated heterocycles. The number of piperidine rings is 1. The van der Waals surface area contributed by atoms with Crippen molar-refractivity contribution >= 4 is 22.9 Å². The van der Waals surface area contributed by atoms with Crippen molar-refractivity contribution in [3.63, 3.8) is 0 Å². The van der Waals surface area contributed by atoms with Crippen LogP contribution in [0, 0.1) is 5.41 Å². The predicted molar refractivity (Wildman–Crippen MR) is 121 cm³/mol. The molecule has 7 heteroatoms. The smallest absolute Gasteiger partial charge is 0.312 e. The number of carbonyl (C=O) groups is 1. The highest BCUT2D eigenvalue weighted by Gasteiger charge is 2.48. The Kier molecular flexibility index (Phi) is 5.82. The van der Waals surface area contributed by atoms with E-state index in [1.807, 2.05) is 11.3 Å². The summed E-state index contributed by atoms with van der Waals surface area (Å²) in [4.78, 5) is 19.0. The van der Waals surface area contributed by atoms with E-state index in [-0.39, 0.29) is 11.3 Å². The van der Waals surface area contributed by atoms with Crippen molar-refractivity contribution in [2.24, 2.45) is 5.41 Å². The first kappa shape index (κ1) is 22.0. The first-order valence-electron chi connectivity index (χ1n) is 11.6. The van der Waals surface area contributed by atoms with Crippen molar-refractivity contribution < 1.29 is 18.0 Å². The number of thiophene rings is 1. The Hall–Kier alpha value is -1.86. The Morgan fingerprint density at radius 1 is 1.03 bits per heavy atom. The lowest BCUT2D eigenvalue weighted by molar-refractivity contribution is -0.137. The predicted octanol–water partition coefficient (Wildman–Crippen LogP) is 6.10. The fourth-order valence-electron chi connectivity index (χ4n) is 5.79. The molecule has 0 bridgehead atoms. The molecule has 3 heterocycles. The zero-order valence-corrected chi connectivity index (χ0v) is 19.0. The number of nitrogens with zero attached hydrogens (tertiary/aromatic N) is 2. The Bertz CT molecular complexity index is 960. The molecule has 1 aliphatic carbocycles. The van der Waals surface area contributed by atoms with Crippen LogP contribution in [0.25, 0.3) is 0 Å². The molecule has 0 saturated carbocycles. The van der Waals surface area contributed by atoms with Crippen molar-refractivity contribution in [2.75, 3.05) is 31.1 Å². The number of rotatable bonds is 4. The van der Waals surface area contributed by atoms with Gasteiger partial charge < -0.3 is 9.80 Å². The van der Waals surface area contributed by atoms with Gasteiger partial charge in [0, 0.05) is 17.1 Å². The lowest BCUT2D eigenvalue weighted by Gasteiger charge is -2.38. The average molecular weight is 463 g/mol. The van der Waals surface area contributed by atoms with Crippen LogP contribution >= 0.6 is 11.3 Å². The molecule has 1 amide bonds. The molecule has 1 spiro atoms. The van der Waals surface area contributed by atoms with E-state index in [1.165, 1.54) is 37.8 Å². The van der Waals surface area contributed by atoms with Crippen LogP contribution in [0.5, 0.6) is 0 Å². The molecular weight excluding hydrogens is 433 g/mol. The third-order valence-corrected chi connectivity index (χ3v) is 8.80. The first-order chi connectivity index (χ1) is 15.4. The van der Waals surface area contributed by atoms with Gasteiger partial charge in [-0.1, -0.05) is 0 Å². The zero-order chi connectivity index (χ0) is 22.3. The molecule has 1 atom stereocenters. The second-order valence-corrected chi connectivity index (χ2v) is 10.6. The van der Waals surface area contributed by atoms with Crippen molar-refractivity contribution in [1.29, 1.82) is 0 Å². The molecule has 1 unspecified atom stereocenters. The minimum absolute atomic E-state index is 0.0899. The van der Waals surface area contributed by atoms with Crippen LogP contribution in [0.2, 0.25) is 0 Å². The number of benzene rings is 1. The van der Waals surface area contributed by atoms with E-state index < -0.39 is 11.7 Å². The van der Waals surface area contributed by atoms with Crippen LogP contribution in [0.3, 0.4) is 0 Å². The van der Waals surface area contributed by atoms with E-state index in [0.29, 0.717) is 18.2 Å².